The van der Waals surface area contributed by atoms with Crippen molar-refractivity contribution in [2.45, 2.75) is 6.61 Å². The van der Waals surface area contributed by atoms with E-state index in [2.05, 4.69) is 4.98 Å². The molecular weight excluding hydrogens is 253 g/mol. The Labute approximate surface area is 101 Å². The highest BCUT2D eigenvalue weighted by molar-refractivity contribution is 7.15. The van der Waals surface area contributed by atoms with Crippen LogP contribution in [0.25, 0.3) is 10.4 Å². The Morgan fingerprint density at radius 3 is 2.67 bits per heavy atom. The predicted molar refractivity (Wildman–Crippen MR) is 63.5 cm³/mol. The standard InChI is InChI=1S/C10H7Cl2NOS/c11-7-2-1-6(3-8(7)12)9-4-13-10(5-14)15-9/h1-4,14H,5H2. The Hall–Kier alpha value is -0.610. The molecular formula is C10H7Cl2NOS. The van der Waals surface area contributed by atoms with Crippen molar-refractivity contribution < 1.29 is 5.11 Å². The second-order valence-corrected chi connectivity index (χ2v) is 4.83. The maximum atomic E-state index is 8.90. The molecule has 1 aromatic heterocycles. The molecule has 0 amide bonds. The zero-order chi connectivity index (χ0) is 10.8. The van der Waals surface area contributed by atoms with Crippen LogP contribution in [0.5, 0.6) is 0 Å². The number of aliphatic hydroxyl groups excluding tert-OH is 1. The van der Waals surface area contributed by atoms with Crippen molar-refractivity contribution in [2.24, 2.45) is 0 Å². The lowest BCUT2D eigenvalue weighted by molar-refractivity contribution is 0.281. The number of benzene rings is 1. The van der Waals surface area contributed by atoms with E-state index in [4.69, 9.17) is 28.3 Å². The first-order chi connectivity index (χ1) is 7.20. The molecule has 0 saturated heterocycles. The van der Waals surface area contributed by atoms with Gasteiger partial charge in [0.25, 0.3) is 0 Å². The summed E-state index contributed by atoms with van der Waals surface area (Å²) in [6.07, 6.45) is 1.72. The number of nitrogens with zero attached hydrogens (tertiary/aromatic N) is 1. The fourth-order valence-corrected chi connectivity index (χ4v) is 2.24. The molecule has 0 fully saturated rings. The van der Waals surface area contributed by atoms with Crippen LogP contribution in [0, 0.1) is 0 Å². The number of rotatable bonds is 2. The predicted octanol–water partition coefficient (Wildman–Crippen LogP) is 3.61. The second-order valence-electron chi connectivity index (χ2n) is 2.91. The number of aliphatic hydroxyl groups is 1. The van der Waals surface area contributed by atoms with E-state index in [9.17, 15) is 0 Å². The Balaban J connectivity index is 2.40. The third-order valence-corrected chi connectivity index (χ3v) is 3.66. The van der Waals surface area contributed by atoms with Crippen molar-refractivity contribution in [1.82, 2.24) is 4.98 Å². The van der Waals surface area contributed by atoms with E-state index in [1.165, 1.54) is 11.3 Å². The minimum atomic E-state index is -0.0357. The number of hydrogen-bond donors (Lipinski definition) is 1. The quantitative estimate of drug-likeness (QED) is 0.894. The molecule has 0 atom stereocenters. The first kappa shape index (κ1) is 10.9. The Kier molecular flexibility index (Phi) is 3.26. The van der Waals surface area contributed by atoms with E-state index in [0.29, 0.717) is 15.1 Å². The van der Waals surface area contributed by atoms with Gasteiger partial charge in [-0.05, 0) is 17.7 Å². The van der Waals surface area contributed by atoms with Crippen LogP contribution in [0.15, 0.2) is 24.4 Å². The first-order valence-corrected chi connectivity index (χ1v) is 5.79. The first-order valence-electron chi connectivity index (χ1n) is 4.21. The maximum Gasteiger partial charge on any atom is 0.119 e. The molecule has 1 heterocycles. The highest BCUT2D eigenvalue weighted by atomic mass is 35.5. The Bertz CT molecular complexity index is 484. The lowest BCUT2D eigenvalue weighted by Gasteiger charge is -1.99. The second kappa shape index (κ2) is 4.49. The van der Waals surface area contributed by atoms with Gasteiger partial charge < -0.3 is 5.11 Å². The number of thiazole rings is 1. The van der Waals surface area contributed by atoms with Crippen LogP contribution in [-0.2, 0) is 6.61 Å². The van der Waals surface area contributed by atoms with Crippen molar-refractivity contribution >= 4 is 34.5 Å². The van der Waals surface area contributed by atoms with E-state index in [0.717, 1.165) is 10.4 Å². The van der Waals surface area contributed by atoms with Crippen molar-refractivity contribution in [1.29, 1.82) is 0 Å². The molecule has 2 nitrogen and oxygen atoms in total. The molecule has 2 aromatic rings. The van der Waals surface area contributed by atoms with Gasteiger partial charge in [0.05, 0.1) is 21.5 Å². The number of hydrogen-bond acceptors (Lipinski definition) is 3. The van der Waals surface area contributed by atoms with Crippen molar-refractivity contribution in [3.63, 3.8) is 0 Å². The summed E-state index contributed by atoms with van der Waals surface area (Å²) in [6.45, 7) is -0.0357. The molecule has 5 heteroatoms. The average molecular weight is 260 g/mol. The third kappa shape index (κ3) is 2.32. The van der Waals surface area contributed by atoms with Gasteiger partial charge >= 0.3 is 0 Å². The van der Waals surface area contributed by atoms with Gasteiger partial charge in [-0.15, -0.1) is 11.3 Å². The molecule has 0 aliphatic carbocycles. The molecule has 2 rings (SSSR count). The zero-order valence-electron chi connectivity index (χ0n) is 7.58. The summed E-state index contributed by atoms with van der Waals surface area (Å²) < 4.78 is 0. The Morgan fingerprint density at radius 2 is 2.07 bits per heavy atom. The van der Waals surface area contributed by atoms with Crippen molar-refractivity contribution in [2.75, 3.05) is 0 Å². The molecule has 0 radical (unpaired) electrons. The van der Waals surface area contributed by atoms with Gasteiger partial charge in [-0.25, -0.2) is 4.98 Å². The molecule has 1 aromatic carbocycles. The van der Waals surface area contributed by atoms with Gasteiger partial charge in [0, 0.05) is 6.20 Å². The van der Waals surface area contributed by atoms with Crippen LogP contribution in [-0.4, -0.2) is 10.1 Å². The van der Waals surface area contributed by atoms with Crippen LogP contribution in [0.4, 0.5) is 0 Å². The molecule has 0 spiro atoms. The topological polar surface area (TPSA) is 33.1 Å². The molecule has 78 valence electrons. The molecule has 0 aliphatic heterocycles. The summed E-state index contributed by atoms with van der Waals surface area (Å²) >= 11 is 13.2. The Morgan fingerprint density at radius 1 is 1.27 bits per heavy atom. The van der Waals surface area contributed by atoms with Crippen LogP contribution in [0.3, 0.4) is 0 Å². The van der Waals surface area contributed by atoms with Gasteiger partial charge in [-0.1, -0.05) is 29.3 Å². The summed E-state index contributed by atoms with van der Waals surface area (Å²) in [7, 11) is 0. The van der Waals surface area contributed by atoms with Crippen LogP contribution < -0.4 is 0 Å². The largest absolute Gasteiger partial charge is 0.389 e. The SMILES string of the molecule is OCc1ncc(-c2ccc(Cl)c(Cl)c2)s1. The molecule has 0 bridgehead atoms. The lowest BCUT2D eigenvalue weighted by Crippen LogP contribution is -1.75. The summed E-state index contributed by atoms with van der Waals surface area (Å²) in [4.78, 5) is 5.03. The van der Waals surface area contributed by atoms with Crippen molar-refractivity contribution in [3.05, 3.63) is 39.4 Å². The summed E-state index contributed by atoms with van der Waals surface area (Å²) in [6, 6.07) is 5.42. The van der Waals surface area contributed by atoms with Crippen molar-refractivity contribution in [3.8, 4) is 10.4 Å². The average Bonchev–Trinajstić information content (AvgIpc) is 2.70. The molecule has 0 aliphatic rings. The fraction of sp³-hybridized carbons (Fsp3) is 0.100. The maximum absolute atomic E-state index is 8.90. The third-order valence-electron chi connectivity index (χ3n) is 1.89. The normalized spacial score (nSPS) is 10.6. The van der Waals surface area contributed by atoms with Gasteiger partial charge in [0.2, 0.25) is 0 Å². The number of aromatic nitrogens is 1. The highest BCUT2D eigenvalue weighted by Gasteiger charge is 2.05. The fourth-order valence-electron chi connectivity index (χ4n) is 1.17. The van der Waals surface area contributed by atoms with Gasteiger partial charge in [-0.3, -0.25) is 0 Å². The summed E-state index contributed by atoms with van der Waals surface area (Å²) in [5.74, 6) is 0. The van der Waals surface area contributed by atoms with E-state index in [-0.39, 0.29) is 6.61 Å². The van der Waals surface area contributed by atoms with Crippen LogP contribution in [0.1, 0.15) is 5.01 Å². The van der Waals surface area contributed by atoms with Gasteiger partial charge in [-0.2, -0.15) is 0 Å². The molecule has 0 saturated carbocycles. The van der Waals surface area contributed by atoms with E-state index in [1.807, 2.05) is 6.07 Å². The van der Waals surface area contributed by atoms with Gasteiger partial charge in [0.1, 0.15) is 5.01 Å². The molecule has 1 N–H and O–H groups in total. The molecule has 0 unspecified atom stereocenters. The summed E-state index contributed by atoms with van der Waals surface area (Å²) in [5, 5.41) is 10.6. The lowest BCUT2D eigenvalue weighted by atomic mass is 10.2. The minimum absolute atomic E-state index is 0.0357. The van der Waals surface area contributed by atoms with Gasteiger partial charge in [0.15, 0.2) is 0 Å². The summed E-state index contributed by atoms with van der Waals surface area (Å²) in [5.41, 5.74) is 0.960. The monoisotopic (exact) mass is 259 g/mol. The van der Waals surface area contributed by atoms with Crippen LogP contribution >= 0.6 is 34.5 Å². The zero-order valence-corrected chi connectivity index (χ0v) is 9.90. The number of halogens is 2. The van der Waals surface area contributed by atoms with E-state index >= 15 is 0 Å². The van der Waals surface area contributed by atoms with E-state index in [1.54, 1.807) is 18.3 Å². The van der Waals surface area contributed by atoms with Crippen LogP contribution in [0.2, 0.25) is 10.0 Å². The van der Waals surface area contributed by atoms with E-state index < -0.39 is 0 Å². The smallest absolute Gasteiger partial charge is 0.119 e. The highest BCUT2D eigenvalue weighted by Crippen LogP contribution is 2.31. The molecule has 15 heavy (non-hydrogen) atoms. The minimum Gasteiger partial charge on any atom is -0.389 e.